The molecule has 1 aromatic rings. The molecule has 1 aliphatic heterocycles. The normalized spacial score (nSPS) is 19.9. The summed E-state index contributed by atoms with van der Waals surface area (Å²) >= 11 is 0. The van der Waals surface area contributed by atoms with Crippen LogP contribution in [0.2, 0.25) is 0 Å². The van der Waals surface area contributed by atoms with Crippen LogP contribution in [0, 0.1) is 11.3 Å². The van der Waals surface area contributed by atoms with Gasteiger partial charge in [-0.25, -0.2) is 0 Å². The van der Waals surface area contributed by atoms with E-state index in [1.165, 1.54) is 17.0 Å². The summed E-state index contributed by atoms with van der Waals surface area (Å²) < 4.78 is 79.0. The second-order valence-corrected chi connectivity index (χ2v) is 7.15. The lowest BCUT2D eigenvalue weighted by molar-refractivity contribution is -0.137. The van der Waals surface area contributed by atoms with E-state index in [0.29, 0.717) is 11.1 Å². The second-order valence-electron chi connectivity index (χ2n) is 7.15. The summed E-state index contributed by atoms with van der Waals surface area (Å²) in [7, 11) is 0. The number of rotatable bonds is 3. The van der Waals surface area contributed by atoms with E-state index < -0.39 is 40.9 Å². The van der Waals surface area contributed by atoms with Crippen molar-refractivity contribution in [1.29, 1.82) is 5.26 Å². The third-order valence-electron chi connectivity index (χ3n) is 5.07. The van der Waals surface area contributed by atoms with Gasteiger partial charge < -0.3 is 4.90 Å². The van der Waals surface area contributed by atoms with Crippen molar-refractivity contribution in [2.75, 3.05) is 0 Å². The van der Waals surface area contributed by atoms with E-state index in [0.717, 1.165) is 24.4 Å². The van der Waals surface area contributed by atoms with Gasteiger partial charge in [0.1, 0.15) is 0 Å². The summed E-state index contributed by atoms with van der Waals surface area (Å²) in [5.41, 5.74) is -1.75. The van der Waals surface area contributed by atoms with Crippen molar-refractivity contribution in [3.05, 3.63) is 82.1 Å². The molecule has 1 aromatic carbocycles. The minimum absolute atomic E-state index is 0.0128. The summed E-state index contributed by atoms with van der Waals surface area (Å²) in [5.74, 6) is -0.410. The molecule has 0 saturated carbocycles. The fourth-order valence-corrected chi connectivity index (χ4v) is 3.62. The zero-order chi connectivity index (χ0) is 23.0. The molecule has 0 radical (unpaired) electrons. The van der Waals surface area contributed by atoms with Gasteiger partial charge in [0, 0.05) is 24.7 Å². The van der Waals surface area contributed by atoms with Crippen LogP contribution in [0.25, 0.3) is 0 Å². The Labute approximate surface area is 174 Å². The summed E-state index contributed by atoms with van der Waals surface area (Å²) in [6.07, 6.45) is -4.28. The minimum Gasteiger partial charge on any atom is -0.361 e. The number of Topliss-reactive ketones (excluding diaryl/α,β-unsaturated/α-hetero) is 1. The van der Waals surface area contributed by atoms with Crippen LogP contribution in [-0.4, -0.2) is 22.9 Å². The average molecular weight is 438 g/mol. The van der Waals surface area contributed by atoms with Gasteiger partial charge in [-0.1, -0.05) is 24.3 Å². The highest BCUT2D eigenvalue weighted by Crippen LogP contribution is 2.39. The van der Waals surface area contributed by atoms with Gasteiger partial charge in [0.05, 0.1) is 28.8 Å². The van der Waals surface area contributed by atoms with Crippen LogP contribution in [0.1, 0.15) is 24.5 Å². The Hall–Kier alpha value is -3.28. The fourth-order valence-electron chi connectivity index (χ4n) is 3.62. The first kappa shape index (κ1) is 22.4. The van der Waals surface area contributed by atoms with Gasteiger partial charge in [0.25, 0.3) is 0 Å². The van der Waals surface area contributed by atoms with E-state index in [1.54, 1.807) is 25.1 Å². The molecule has 2 aliphatic rings. The summed E-state index contributed by atoms with van der Waals surface area (Å²) in [6.45, 7) is 1.48. The molecule has 9 heteroatoms. The first-order valence-electron chi connectivity index (χ1n) is 9.15. The molecule has 0 aromatic heterocycles. The molecule has 0 spiro atoms. The highest BCUT2D eigenvalue weighted by Gasteiger charge is 2.42. The van der Waals surface area contributed by atoms with Crippen LogP contribution < -0.4 is 0 Å². The number of halogens is 6. The van der Waals surface area contributed by atoms with Gasteiger partial charge in [0.15, 0.2) is 5.78 Å². The molecule has 0 N–H and O–H groups in total. The van der Waals surface area contributed by atoms with Gasteiger partial charge in [-0.3, -0.25) is 4.79 Å². The Bertz CT molecular complexity index is 1050. The number of allylic oxidation sites excluding steroid dienone is 5. The number of hydrogen-bond acceptors (Lipinski definition) is 3. The van der Waals surface area contributed by atoms with Crippen molar-refractivity contribution in [2.24, 2.45) is 0 Å². The van der Waals surface area contributed by atoms with Crippen molar-refractivity contribution < 1.29 is 31.1 Å². The number of nitriles is 1. The third kappa shape index (κ3) is 4.58. The molecule has 31 heavy (non-hydrogen) atoms. The maximum absolute atomic E-state index is 13.5. The van der Waals surface area contributed by atoms with Crippen LogP contribution in [0.4, 0.5) is 26.3 Å². The molecule has 3 rings (SSSR count). The van der Waals surface area contributed by atoms with Gasteiger partial charge in [-0.05, 0) is 36.3 Å². The molecule has 1 aliphatic carbocycles. The predicted octanol–water partition coefficient (Wildman–Crippen LogP) is 5.63. The summed E-state index contributed by atoms with van der Waals surface area (Å²) in [6, 6.07) is 4.48. The average Bonchev–Trinajstić information content (AvgIpc) is 2.67. The lowest BCUT2D eigenvalue weighted by atomic mass is 9.83. The van der Waals surface area contributed by atoms with Crippen molar-refractivity contribution in [2.45, 2.75) is 38.3 Å². The molecular formula is C22H16F6N2O. The maximum atomic E-state index is 13.5. The third-order valence-corrected chi connectivity index (χ3v) is 5.07. The largest absolute Gasteiger partial charge is 0.417 e. The lowest BCUT2D eigenvalue weighted by Gasteiger charge is -2.37. The number of carbonyl (C=O) groups excluding carboxylic acids is 1. The van der Waals surface area contributed by atoms with Crippen molar-refractivity contribution in [3.8, 4) is 6.07 Å². The van der Waals surface area contributed by atoms with Gasteiger partial charge in [-0.15, -0.1) is 0 Å². The maximum Gasteiger partial charge on any atom is 0.417 e. The monoisotopic (exact) mass is 438 g/mol. The molecule has 1 atom stereocenters. The van der Waals surface area contributed by atoms with E-state index in [1.807, 2.05) is 0 Å². The van der Waals surface area contributed by atoms with E-state index in [4.69, 9.17) is 0 Å². The van der Waals surface area contributed by atoms with Crippen molar-refractivity contribution in [1.82, 2.24) is 4.90 Å². The number of benzene rings is 1. The molecule has 3 nitrogen and oxygen atoms in total. The molecule has 0 fully saturated rings. The Morgan fingerprint density at radius 3 is 2.23 bits per heavy atom. The van der Waals surface area contributed by atoms with E-state index >= 15 is 0 Å². The fraction of sp³-hybridized carbons (Fsp3) is 0.273. The Morgan fingerprint density at radius 2 is 1.71 bits per heavy atom. The zero-order valence-electron chi connectivity index (χ0n) is 16.2. The van der Waals surface area contributed by atoms with Crippen LogP contribution in [0.3, 0.4) is 0 Å². The SMILES string of the molecule is CC1=C(C2C(C#N)=C(C(F)(F)F)C=CN2Cc2ccc(C(F)(F)F)cc2)C(=O)CC=C1. The summed E-state index contributed by atoms with van der Waals surface area (Å²) in [4.78, 5) is 13.9. The van der Waals surface area contributed by atoms with Crippen LogP contribution in [0.5, 0.6) is 0 Å². The lowest BCUT2D eigenvalue weighted by Crippen LogP contribution is -2.40. The van der Waals surface area contributed by atoms with Crippen molar-refractivity contribution >= 4 is 5.78 Å². The Morgan fingerprint density at radius 1 is 1.06 bits per heavy atom. The van der Waals surface area contributed by atoms with Gasteiger partial charge >= 0.3 is 12.4 Å². The molecule has 1 heterocycles. The van der Waals surface area contributed by atoms with Crippen LogP contribution >= 0.6 is 0 Å². The number of nitrogens with zero attached hydrogens (tertiary/aromatic N) is 2. The molecule has 0 bridgehead atoms. The first-order chi connectivity index (χ1) is 14.4. The zero-order valence-corrected chi connectivity index (χ0v) is 16.2. The quantitative estimate of drug-likeness (QED) is 0.575. The number of ketones is 1. The number of alkyl halides is 6. The number of hydrogen-bond donors (Lipinski definition) is 0. The molecule has 1 unspecified atom stereocenters. The topological polar surface area (TPSA) is 44.1 Å². The molecule has 0 saturated heterocycles. The van der Waals surface area contributed by atoms with Crippen LogP contribution in [-0.2, 0) is 17.5 Å². The molecular weight excluding hydrogens is 422 g/mol. The van der Waals surface area contributed by atoms with E-state index in [-0.39, 0.29) is 18.5 Å². The smallest absolute Gasteiger partial charge is 0.361 e. The highest BCUT2D eigenvalue weighted by molar-refractivity contribution is 6.00. The Balaban J connectivity index is 2.07. The minimum atomic E-state index is -4.80. The predicted molar refractivity (Wildman–Crippen MR) is 100 cm³/mol. The van der Waals surface area contributed by atoms with Crippen LogP contribution in [0.15, 0.2) is 71.0 Å². The molecule has 162 valence electrons. The van der Waals surface area contributed by atoms with Crippen molar-refractivity contribution in [3.63, 3.8) is 0 Å². The second kappa shape index (κ2) is 8.10. The first-order valence-corrected chi connectivity index (χ1v) is 9.15. The number of carbonyl (C=O) groups is 1. The molecule has 0 amide bonds. The van der Waals surface area contributed by atoms with E-state index in [2.05, 4.69) is 0 Å². The van der Waals surface area contributed by atoms with Gasteiger partial charge in [0.2, 0.25) is 0 Å². The van der Waals surface area contributed by atoms with Gasteiger partial charge in [-0.2, -0.15) is 31.6 Å². The summed E-state index contributed by atoms with van der Waals surface area (Å²) in [5, 5.41) is 9.56. The van der Waals surface area contributed by atoms with E-state index in [9.17, 15) is 36.4 Å². The highest BCUT2D eigenvalue weighted by atomic mass is 19.4. The standard InChI is InChI=1S/C22H16F6N2O/c1-13-3-2-4-18(31)19(13)20-16(11-29)17(22(26,27)28)9-10-30(20)12-14-5-7-15(8-6-14)21(23,24)25/h2-3,5-10,20H,4,12H2,1H3. The Kier molecular flexibility index (Phi) is 5.85.